The Morgan fingerprint density at radius 2 is 0.628 bits per heavy atom. The molecule has 1 aromatic heterocycles. The van der Waals surface area contributed by atoms with Gasteiger partial charge in [-0.15, -0.1) is 0 Å². The number of hydrogen-bond acceptors (Lipinski definition) is 0. The minimum absolute atomic E-state index is 1.20. The predicted octanol–water partition coefficient (Wildman–Crippen LogP) is 14.1. The summed E-state index contributed by atoms with van der Waals surface area (Å²) >= 11 is 0. The first-order valence-corrected chi connectivity index (χ1v) is 20.4. The maximum atomic E-state index is 2.42. The van der Waals surface area contributed by atoms with E-state index in [4.69, 9.17) is 0 Å². The van der Waals surface area contributed by atoms with Gasteiger partial charge in [0.1, 0.15) is 12.4 Å². The molecule has 0 amide bonds. The SMILES string of the molecule is CCCCCCCCCCCCCCCCCCCn1cc[n+](CCCCCCCCCCCCCCCCCCC)c1. The lowest BCUT2D eigenvalue weighted by Gasteiger charge is -2.03. The van der Waals surface area contributed by atoms with Crippen molar-refractivity contribution in [2.75, 3.05) is 0 Å². The van der Waals surface area contributed by atoms with Gasteiger partial charge in [0.25, 0.3) is 0 Å². The van der Waals surface area contributed by atoms with Gasteiger partial charge in [-0.05, 0) is 25.7 Å². The number of rotatable bonds is 36. The molecule has 1 aromatic rings. The summed E-state index contributed by atoms with van der Waals surface area (Å²) in [4.78, 5) is 0. The van der Waals surface area contributed by atoms with E-state index in [2.05, 4.69) is 41.7 Å². The van der Waals surface area contributed by atoms with Crippen molar-refractivity contribution in [2.45, 2.75) is 245 Å². The molecule has 43 heavy (non-hydrogen) atoms. The minimum atomic E-state index is 1.20. The number of nitrogens with zero attached hydrogens (tertiary/aromatic N) is 2. The van der Waals surface area contributed by atoms with Gasteiger partial charge in [0.2, 0.25) is 6.33 Å². The number of hydrogen-bond donors (Lipinski definition) is 0. The van der Waals surface area contributed by atoms with Gasteiger partial charge in [0.05, 0.1) is 13.1 Å². The highest BCUT2D eigenvalue weighted by Gasteiger charge is 2.04. The normalized spacial score (nSPS) is 11.6. The molecule has 0 unspecified atom stereocenters. The summed E-state index contributed by atoms with van der Waals surface area (Å²) in [6, 6.07) is 0. The van der Waals surface area contributed by atoms with E-state index in [1.165, 1.54) is 231 Å². The van der Waals surface area contributed by atoms with E-state index in [0.717, 1.165) is 0 Å². The van der Waals surface area contributed by atoms with Crippen LogP contribution >= 0.6 is 0 Å². The molecule has 0 N–H and O–H groups in total. The van der Waals surface area contributed by atoms with Crippen LogP contribution in [0.2, 0.25) is 0 Å². The zero-order chi connectivity index (χ0) is 30.7. The van der Waals surface area contributed by atoms with Gasteiger partial charge in [-0.1, -0.05) is 206 Å². The quantitative estimate of drug-likeness (QED) is 0.0534. The molecule has 0 atom stereocenters. The Kier molecular flexibility index (Phi) is 31.9. The summed E-state index contributed by atoms with van der Waals surface area (Å²) in [5, 5.41) is 0. The molecule has 0 saturated heterocycles. The molecule has 1 rings (SSSR count). The zero-order valence-electron chi connectivity index (χ0n) is 30.1. The van der Waals surface area contributed by atoms with E-state index in [0.29, 0.717) is 0 Å². The second-order valence-corrected chi connectivity index (χ2v) is 14.2. The van der Waals surface area contributed by atoms with Crippen molar-refractivity contribution in [2.24, 2.45) is 0 Å². The van der Waals surface area contributed by atoms with E-state index >= 15 is 0 Å². The van der Waals surface area contributed by atoms with E-state index in [1.807, 2.05) is 0 Å². The predicted molar refractivity (Wildman–Crippen MR) is 193 cm³/mol. The molecule has 254 valence electrons. The van der Waals surface area contributed by atoms with E-state index in [-0.39, 0.29) is 0 Å². The lowest BCUT2D eigenvalue weighted by atomic mass is 10.0. The number of aromatic nitrogens is 2. The highest BCUT2D eigenvalue weighted by atomic mass is 15.1. The largest absolute Gasteiger partial charge is 0.243 e. The summed E-state index contributed by atoms with van der Waals surface area (Å²) in [7, 11) is 0. The molecule has 0 spiro atoms. The molecule has 2 heteroatoms. The molecule has 0 bridgehead atoms. The van der Waals surface area contributed by atoms with Gasteiger partial charge in [0.15, 0.2) is 0 Å². The van der Waals surface area contributed by atoms with Crippen LogP contribution in [-0.4, -0.2) is 4.57 Å². The monoisotopic (exact) mass is 602 g/mol. The van der Waals surface area contributed by atoms with Crippen molar-refractivity contribution in [3.8, 4) is 0 Å². The average Bonchev–Trinajstić information content (AvgIpc) is 3.47. The molecule has 0 aliphatic rings. The lowest BCUT2D eigenvalue weighted by Crippen LogP contribution is -2.30. The molecule has 0 aliphatic carbocycles. The number of aryl methyl sites for hydroxylation is 2. The molecule has 1 heterocycles. The highest BCUT2D eigenvalue weighted by molar-refractivity contribution is 4.66. The number of unbranched alkanes of at least 4 members (excludes halogenated alkanes) is 32. The van der Waals surface area contributed by atoms with Crippen LogP contribution in [0.1, 0.15) is 232 Å². The second kappa shape index (κ2) is 34.1. The van der Waals surface area contributed by atoms with Crippen LogP contribution in [-0.2, 0) is 13.1 Å². The van der Waals surface area contributed by atoms with Gasteiger partial charge in [-0.3, -0.25) is 0 Å². The second-order valence-electron chi connectivity index (χ2n) is 14.2. The smallest absolute Gasteiger partial charge is 0.237 e. The van der Waals surface area contributed by atoms with Crippen LogP contribution in [0.4, 0.5) is 0 Å². The van der Waals surface area contributed by atoms with E-state index < -0.39 is 0 Å². The fraction of sp³-hybridized carbons (Fsp3) is 0.927. The Bertz CT molecular complexity index is 583. The van der Waals surface area contributed by atoms with Crippen molar-refractivity contribution in [3.63, 3.8) is 0 Å². The third-order valence-electron chi connectivity index (χ3n) is 9.79. The lowest BCUT2D eigenvalue weighted by molar-refractivity contribution is -0.696. The van der Waals surface area contributed by atoms with Crippen LogP contribution in [0.3, 0.4) is 0 Å². The third kappa shape index (κ3) is 29.7. The van der Waals surface area contributed by atoms with Crippen molar-refractivity contribution < 1.29 is 4.57 Å². The molecule has 0 saturated carbocycles. The molecule has 0 fully saturated rings. The summed E-state index contributed by atoms with van der Waals surface area (Å²) in [6.45, 7) is 7.01. The van der Waals surface area contributed by atoms with Gasteiger partial charge >= 0.3 is 0 Å². The van der Waals surface area contributed by atoms with E-state index in [9.17, 15) is 0 Å². The van der Waals surface area contributed by atoms with Crippen LogP contribution in [0, 0.1) is 0 Å². The Morgan fingerprint density at radius 1 is 0.349 bits per heavy atom. The molecular formula is C41H81N2+. The van der Waals surface area contributed by atoms with Crippen LogP contribution < -0.4 is 4.57 Å². The Hall–Kier alpha value is -0.790. The van der Waals surface area contributed by atoms with Crippen LogP contribution in [0.5, 0.6) is 0 Å². The highest BCUT2D eigenvalue weighted by Crippen LogP contribution is 2.15. The van der Waals surface area contributed by atoms with Gasteiger partial charge in [-0.25, -0.2) is 9.13 Å². The fourth-order valence-electron chi connectivity index (χ4n) is 6.74. The van der Waals surface area contributed by atoms with Crippen LogP contribution in [0.25, 0.3) is 0 Å². The average molecular weight is 602 g/mol. The molecule has 0 radical (unpaired) electrons. The summed E-state index contributed by atoms with van der Waals surface area (Å²) in [5.41, 5.74) is 0. The van der Waals surface area contributed by atoms with Crippen molar-refractivity contribution in [1.29, 1.82) is 0 Å². The number of imidazole rings is 1. The first-order valence-electron chi connectivity index (χ1n) is 20.4. The van der Waals surface area contributed by atoms with Crippen molar-refractivity contribution >= 4 is 0 Å². The molecule has 0 aromatic carbocycles. The zero-order valence-corrected chi connectivity index (χ0v) is 30.1. The molecule has 2 nitrogen and oxygen atoms in total. The Labute approximate surface area is 272 Å². The van der Waals surface area contributed by atoms with Gasteiger partial charge in [-0.2, -0.15) is 0 Å². The summed E-state index contributed by atoms with van der Waals surface area (Å²) in [6.07, 6.45) is 56.2. The minimum Gasteiger partial charge on any atom is -0.237 e. The van der Waals surface area contributed by atoms with Crippen LogP contribution in [0.15, 0.2) is 18.7 Å². The molecular weight excluding hydrogens is 520 g/mol. The first kappa shape index (κ1) is 40.2. The van der Waals surface area contributed by atoms with Gasteiger partial charge < -0.3 is 0 Å². The Morgan fingerprint density at radius 3 is 0.953 bits per heavy atom. The van der Waals surface area contributed by atoms with Gasteiger partial charge in [0, 0.05) is 0 Å². The topological polar surface area (TPSA) is 8.81 Å². The maximum absolute atomic E-state index is 2.42. The summed E-state index contributed by atoms with van der Waals surface area (Å²) in [5.74, 6) is 0. The maximum Gasteiger partial charge on any atom is 0.243 e. The Balaban J connectivity index is 1.77. The summed E-state index contributed by atoms with van der Waals surface area (Å²) < 4.78 is 4.83. The third-order valence-corrected chi connectivity index (χ3v) is 9.79. The van der Waals surface area contributed by atoms with E-state index in [1.54, 1.807) is 0 Å². The van der Waals surface area contributed by atoms with Crippen molar-refractivity contribution in [3.05, 3.63) is 18.7 Å². The fourth-order valence-corrected chi connectivity index (χ4v) is 6.74. The molecule has 0 aliphatic heterocycles. The van der Waals surface area contributed by atoms with Crippen molar-refractivity contribution in [1.82, 2.24) is 4.57 Å². The first-order chi connectivity index (χ1) is 21.4. The standard InChI is InChI=1S/C41H81N2/c1-3-5-7-9-11-13-15-17-19-21-23-25-27-29-31-33-35-37-42-39-40-43(41-42)38-36-34-32-30-28-26-24-22-20-18-16-14-12-10-8-6-4-2/h39-41H,3-38H2,1-2H3/q+1.